The summed E-state index contributed by atoms with van der Waals surface area (Å²) in [5, 5.41) is 0. The summed E-state index contributed by atoms with van der Waals surface area (Å²) in [6, 6.07) is 5.14. The van der Waals surface area contributed by atoms with Crippen molar-refractivity contribution < 1.29 is 26.7 Å². The third-order valence-corrected chi connectivity index (χ3v) is 7.51. The van der Waals surface area contributed by atoms with Crippen LogP contribution in [0.25, 0.3) is 0 Å². The van der Waals surface area contributed by atoms with Crippen molar-refractivity contribution in [3.8, 4) is 5.75 Å². The molecule has 1 saturated carbocycles. The minimum absolute atomic E-state index is 0.0429. The van der Waals surface area contributed by atoms with Gasteiger partial charge in [-0.1, -0.05) is 26.3 Å². The van der Waals surface area contributed by atoms with E-state index in [1.54, 1.807) is 0 Å². The third kappa shape index (κ3) is 7.54. The predicted molar refractivity (Wildman–Crippen MR) is 118 cm³/mol. The molecule has 1 atom stereocenters. The van der Waals surface area contributed by atoms with Gasteiger partial charge in [0.25, 0.3) is 0 Å². The number of benzene rings is 1. The number of hydrogen-bond acceptors (Lipinski definition) is 4. The zero-order valence-electron chi connectivity index (χ0n) is 18.6. The maximum Gasteiger partial charge on any atom is 0.387 e. The molecular weight excluding hydrogens is 424 g/mol. The molecule has 1 spiro atoms. The number of allylic oxidation sites excluding steroid dienone is 1. The van der Waals surface area contributed by atoms with Gasteiger partial charge >= 0.3 is 6.61 Å². The molecule has 0 aromatic heterocycles. The Labute approximate surface area is 185 Å². The Kier molecular flexibility index (Phi) is 9.90. The molecule has 5 nitrogen and oxygen atoms in total. The molecule has 31 heavy (non-hydrogen) atoms. The fraction of sp³-hybridized carbons (Fsp3) is 0.652. The average molecular weight is 460 g/mol. The van der Waals surface area contributed by atoms with E-state index in [1.165, 1.54) is 28.6 Å². The Morgan fingerprint density at radius 3 is 2.45 bits per heavy atom. The summed E-state index contributed by atoms with van der Waals surface area (Å²) < 4.78 is 60.2. The first-order valence-electron chi connectivity index (χ1n) is 11.0. The molecule has 1 unspecified atom stereocenters. The lowest BCUT2D eigenvalue weighted by Gasteiger charge is -2.47. The van der Waals surface area contributed by atoms with Crippen LogP contribution in [0.1, 0.15) is 52.4 Å². The number of unbranched alkanes of at least 4 members (excludes halogenated alkanes) is 1. The van der Waals surface area contributed by atoms with Crippen LogP contribution in [0.15, 0.2) is 41.8 Å². The zero-order chi connectivity index (χ0) is 22.9. The van der Waals surface area contributed by atoms with Crippen molar-refractivity contribution in [3.05, 3.63) is 36.9 Å². The summed E-state index contributed by atoms with van der Waals surface area (Å²) in [5.74, 6) is 0.620. The van der Waals surface area contributed by atoms with E-state index in [9.17, 15) is 17.2 Å². The summed E-state index contributed by atoms with van der Waals surface area (Å²) in [6.45, 7) is 7.95. The van der Waals surface area contributed by atoms with Crippen molar-refractivity contribution in [2.45, 2.75) is 63.9 Å². The maximum atomic E-state index is 12.5. The molecular formula is C23H35F2NO4S. The van der Waals surface area contributed by atoms with E-state index in [-0.39, 0.29) is 16.1 Å². The highest BCUT2D eigenvalue weighted by atomic mass is 32.2. The quantitative estimate of drug-likeness (QED) is 0.344. The van der Waals surface area contributed by atoms with Crippen LogP contribution < -0.4 is 4.74 Å². The van der Waals surface area contributed by atoms with E-state index in [1.807, 2.05) is 6.08 Å². The van der Waals surface area contributed by atoms with Gasteiger partial charge in [-0.3, -0.25) is 0 Å². The molecule has 1 aromatic rings. The number of rotatable bonds is 10. The molecule has 1 aliphatic carbocycles. The SMILES string of the molecule is C=CCCCOCCC.CC1CCC2(C1)CN(S(=O)(=O)c1ccc(OC(F)F)cc1)C2. The second-order valence-electron chi connectivity index (χ2n) is 8.51. The lowest BCUT2D eigenvalue weighted by molar-refractivity contribution is -0.0498. The molecule has 0 N–H and O–H groups in total. The lowest BCUT2D eigenvalue weighted by Crippen LogP contribution is -2.57. The van der Waals surface area contributed by atoms with Gasteiger partial charge in [-0.05, 0) is 67.7 Å². The predicted octanol–water partition coefficient (Wildman–Crippen LogP) is 5.48. The average Bonchev–Trinajstić information content (AvgIpc) is 3.10. The summed E-state index contributed by atoms with van der Waals surface area (Å²) in [4.78, 5) is 0.120. The largest absolute Gasteiger partial charge is 0.435 e. The van der Waals surface area contributed by atoms with Crippen molar-refractivity contribution in [1.82, 2.24) is 4.31 Å². The van der Waals surface area contributed by atoms with Gasteiger partial charge in [0.2, 0.25) is 10.0 Å². The first-order chi connectivity index (χ1) is 14.7. The molecule has 0 amide bonds. The maximum absolute atomic E-state index is 12.5. The topological polar surface area (TPSA) is 55.8 Å². The minimum Gasteiger partial charge on any atom is -0.435 e. The van der Waals surface area contributed by atoms with Crippen molar-refractivity contribution in [1.29, 1.82) is 0 Å². The Balaban J connectivity index is 0.000000323. The third-order valence-electron chi connectivity index (χ3n) is 5.70. The molecule has 2 fully saturated rings. The van der Waals surface area contributed by atoms with E-state index in [4.69, 9.17) is 4.74 Å². The van der Waals surface area contributed by atoms with E-state index >= 15 is 0 Å². The van der Waals surface area contributed by atoms with Crippen LogP contribution >= 0.6 is 0 Å². The van der Waals surface area contributed by atoms with Crippen LogP contribution in [0.4, 0.5) is 8.78 Å². The summed E-state index contributed by atoms with van der Waals surface area (Å²) in [6.07, 6.45) is 8.56. The monoisotopic (exact) mass is 459 g/mol. The van der Waals surface area contributed by atoms with Gasteiger partial charge in [-0.15, -0.1) is 6.58 Å². The smallest absolute Gasteiger partial charge is 0.387 e. The van der Waals surface area contributed by atoms with Gasteiger partial charge in [-0.2, -0.15) is 13.1 Å². The molecule has 2 aliphatic rings. The highest BCUT2D eigenvalue weighted by Gasteiger charge is 2.51. The number of alkyl halides is 2. The highest BCUT2D eigenvalue weighted by molar-refractivity contribution is 7.89. The number of hydrogen-bond donors (Lipinski definition) is 0. The number of sulfonamides is 1. The van der Waals surface area contributed by atoms with Gasteiger partial charge < -0.3 is 9.47 Å². The summed E-state index contributed by atoms with van der Waals surface area (Å²) in [5.41, 5.74) is 0.158. The Morgan fingerprint density at radius 1 is 1.26 bits per heavy atom. The van der Waals surface area contributed by atoms with Gasteiger partial charge in [0.05, 0.1) is 4.90 Å². The van der Waals surface area contributed by atoms with Crippen LogP contribution in [0.3, 0.4) is 0 Å². The number of halogens is 2. The molecule has 1 aromatic carbocycles. The van der Waals surface area contributed by atoms with E-state index in [0.29, 0.717) is 19.0 Å². The number of ether oxygens (including phenoxy) is 2. The van der Waals surface area contributed by atoms with Gasteiger partial charge in [-0.25, -0.2) is 8.42 Å². The van der Waals surface area contributed by atoms with Crippen molar-refractivity contribution in [2.75, 3.05) is 26.3 Å². The van der Waals surface area contributed by atoms with E-state index in [2.05, 4.69) is 25.2 Å². The van der Waals surface area contributed by atoms with Gasteiger partial charge in [0, 0.05) is 26.3 Å². The van der Waals surface area contributed by atoms with Gasteiger partial charge in [0.1, 0.15) is 5.75 Å². The first kappa shape index (κ1) is 25.7. The fourth-order valence-corrected chi connectivity index (χ4v) is 5.84. The molecule has 176 valence electrons. The standard InChI is InChI=1S/C15H19F2NO3S.C8H16O/c1-11-6-7-15(8-11)9-18(10-15)22(19,20)13-4-2-12(3-5-13)21-14(16)17;1-3-5-6-8-9-7-4-2/h2-5,11,14H,6-10H2,1H3;3H,1,4-8H2,2H3. The second-order valence-corrected chi connectivity index (χ2v) is 10.5. The van der Waals surface area contributed by atoms with E-state index < -0.39 is 16.6 Å². The Bertz CT molecular complexity index is 777. The van der Waals surface area contributed by atoms with Crippen molar-refractivity contribution in [3.63, 3.8) is 0 Å². The molecule has 1 aliphatic heterocycles. The Hall–Kier alpha value is -1.51. The molecule has 1 heterocycles. The summed E-state index contributed by atoms with van der Waals surface area (Å²) in [7, 11) is -3.54. The molecule has 0 bridgehead atoms. The number of nitrogens with zero attached hydrogens (tertiary/aromatic N) is 1. The first-order valence-corrected chi connectivity index (χ1v) is 12.4. The van der Waals surface area contributed by atoms with Crippen LogP contribution in [0.5, 0.6) is 5.75 Å². The van der Waals surface area contributed by atoms with Crippen LogP contribution in [0, 0.1) is 11.3 Å². The normalized spacial score (nSPS) is 20.2. The Morgan fingerprint density at radius 2 is 1.94 bits per heavy atom. The van der Waals surface area contributed by atoms with Crippen LogP contribution in [-0.4, -0.2) is 45.6 Å². The lowest BCUT2D eigenvalue weighted by atomic mass is 9.79. The molecule has 3 rings (SSSR count). The molecule has 8 heteroatoms. The van der Waals surface area contributed by atoms with Gasteiger partial charge in [0.15, 0.2) is 0 Å². The highest BCUT2D eigenvalue weighted by Crippen LogP contribution is 2.49. The van der Waals surface area contributed by atoms with Crippen LogP contribution in [-0.2, 0) is 14.8 Å². The molecule has 0 radical (unpaired) electrons. The fourth-order valence-electron chi connectivity index (χ4n) is 4.17. The summed E-state index contributed by atoms with van der Waals surface area (Å²) >= 11 is 0. The van der Waals surface area contributed by atoms with Crippen molar-refractivity contribution >= 4 is 10.0 Å². The zero-order valence-corrected chi connectivity index (χ0v) is 19.4. The van der Waals surface area contributed by atoms with E-state index in [0.717, 1.165) is 51.7 Å². The minimum atomic E-state index is -3.54. The molecule has 1 saturated heterocycles. The second kappa shape index (κ2) is 11.9. The van der Waals surface area contributed by atoms with Crippen LogP contribution in [0.2, 0.25) is 0 Å². The van der Waals surface area contributed by atoms with Crippen molar-refractivity contribution in [2.24, 2.45) is 11.3 Å².